The second-order valence-corrected chi connectivity index (χ2v) is 6.60. The van der Waals surface area contributed by atoms with Gasteiger partial charge in [-0.15, -0.1) is 0 Å². The van der Waals surface area contributed by atoms with E-state index in [1.807, 2.05) is 19.1 Å². The van der Waals surface area contributed by atoms with Crippen molar-refractivity contribution >= 4 is 0 Å². The van der Waals surface area contributed by atoms with Crippen LogP contribution >= 0.6 is 0 Å². The first kappa shape index (κ1) is 13.0. The van der Waals surface area contributed by atoms with Gasteiger partial charge in [0.1, 0.15) is 11.5 Å². The molecule has 110 valence electrons. The maximum absolute atomic E-state index is 10.2. The maximum atomic E-state index is 10.2. The van der Waals surface area contributed by atoms with Crippen molar-refractivity contribution in [2.24, 2.45) is 0 Å². The highest BCUT2D eigenvalue weighted by atomic mass is 16.3. The summed E-state index contributed by atoms with van der Waals surface area (Å²) in [6.07, 6.45) is 5.14. The average Bonchev–Trinajstić information content (AvgIpc) is 3.06. The normalized spacial score (nSPS) is 23.8. The van der Waals surface area contributed by atoms with Gasteiger partial charge >= 0.3 is 0 Å². The molecule has 1 aliphatic heterocycles. The van der Waals surface area contributed by atoms with E-state index in [2.05, 4.69) is 24.1 Å². The van der Waals surface area contributed by atoms with Gasteiger partial charge in [-0.3, -0.25) is 4.90 Å². The molecule has 0 amide bonds. The minimum absolute atomic E-state index is 0.0924. The highest BCUT2D eigenvalue weighted by Gasteiger charge is 2.56. The second kappa shape index (κ2) is 4.38. The number of hydrogen-bond donors (Lipinski definition) is 1. The SMILES string of the molecule is Cc1cc2c(cc1O)C(C1(c3ccco3)CC1)N(C)CC2. The zero-order chi connectivity index (χ0) is 14.6. The molecule has 0 spiro atoms. The number of furan rings is 1. The van der Waals surface area contributed by atoms with Gasteiger partial charge in [0.2, 0.25) is 0 Å². The Kier molecular flexibility index (Phi) is 2.70. The smallest absolute Gasteiger partial charge is 0.118 e. The summed E-state index contributed by atoms with van der Waals surface area (Å²) in [5, 5.41) is 10.2. The number of rotatable bonds is 2. The predicted octanol–water partition coefficient (Wildman–Crippen LogP) is 3.55. The lowest BCUT2D eigenvalue weighted by molar-refractivity contribution is 0.174. The molecule has 1 saturated carbocycles. The molecule has 0 saturated heterocycles. The molecule has 1 N–H and O–H groups in total. The number of likely N-dealkylation sites (N-methyl/N-ethyl adjacent to an activating group) is 1. The standard InChI is InChI=1S/C18H21NO2/c1-12-10-13-5-8-19(2)17(14(13)11-15(12)20)18(6-7-18)16-4-3-9-21-16/h3-4,9-11,17,20H,5-8H2,1-2H3. The number of fused-ring (bicyclic) bond motifs is 1. The second-order valence-electron chi connectivity index (χ2n) is 6.60. The van der Waals surface area contributed by atoms with Crippen LogP contribution in [0.4, 0.5) is 0 Å². The number of nitrogens with zero attached hydrogens (tertiary/aromatic N) is 1. The van der Waals surface area contributed by atoms with E-state index in [0.717, 1.165) is 37.1 Å². The van der Waals surface area contributed by atoms with Crippen LogP contribution in [0.5, 0.6) is 5.75 Å². The molecule has 1 aromatic carbocycles. The molecule has 1 unspecified atom stereocenters. The highest BCUT2D eigenvalue weighted by molar-refractivity contribution is 5.47. The first-order chi connectivity index (χ1) is 10.1. The Bertz CT molecular complexity index is 671. The number of phenolic OH excluding ortho intramolecular Hbond substituents is 1. The van der Waals surface area contributed by atoms with Crippen molar-refractivity contribution in [1.29, 1.82) is 0 Å². The Labute approximate surface area is 125 Å². The van der Waals surface area contributed by atoms with Crippen LogP contribution < -0.4 is 0 Å². The van der Waals surface area contributed by atoms with Crippen LogP contribution in [0.1, 0.15) is 41.3 Å². The van der Waals surface area contributed by atoms with E-state index in [1.165, 1.54) is 11.1 Å². The highest BCUT2D eigenvalue weighted by Crippen LogP contribution is 2.60. The number of benzene rings is 1. The van der Waals surface area contributed by atoms with E-state index in [1.54, 1.807) is 6.26 Å². The molecular weight excluding hydrogens is 262 g/mol. The van der Waals surface area contributed by atoms with Crippen molar-refractivity contribution in [2.45, 2.75) is 37.6 Å². The molecule has 3 heteroatoms. The Morgan fingerprint density at radius 3 is 2.81 bits per heavy atom. The van der Waals surface area contributed by atoms with Crippen LogP contribution in [0.2, 0.25) is 0 Å². The molecule has 1 aliphatic carbocycles. The summed E-state index contributed by atoms with van der Waals surface area (Å²) in [6.45, 7) is 3.03. The first-order valence-corrected chi connectivity index (χ1v) is 7.68. The molecule has 1 aromatic heterocycles. The van der Waals surface area contributed by atoms with Gasteiger partial charge in [0.25, 0.3) is 0 Å². The molecule has 2 aliphatic rings. The Balaban J connectivity index is 1.85. The van der Waals surface area contributed by atoms with Crippen molar-refractivity contribution in [3.8, 4) is 5.75 Å². The lowest BCUT2D eigenvalue weighted by atomic mass is 9.80. The van der Waals surface area contributed by atoms with Crippen molar-refractivity contribution in [3.05, 3.63) is 53.0 Å². The third-order valence-corrected chi connectivity index (χ3v) is 5.25. The minimum atomic E-state index is 0.0924. The molecule has 4 rings (SSSR count). The Morgan fingerprint density at radius 1 is 1.33 bits per heavy atom. The number of hydrogen-bond acceptors (Lipinski definition) is 3. The predicted molar refractivity (Wildman–Crippen MR) is 81.5 cm³/mol. The van der Waals surface area contributed by atoms with E-state index >= 15 is 0 Å². The van der Waals surface area contributed by atoms with Gasteiger partial charge in [-0.05, 0) is 68.1 Å². The molecule has 0 radical (unpaired) electrons. The van der Waals surface area contributed by atoms with E-state index < -0.39 is 0 Å². The lowest BCUT2D eigenvalue weighted by Crippen LogP contribution is -2.39. The fraction of sp³-hybridized carbons (Fsp3) is 0.444. The zero-order valence-electron chi connectivity index (χ0n) is 12.6. The van der Waals surface area contributed by atoms with Gasteiger partial charge in [0, 0.05) is 18.0 Å². The average molecular weight is 283 g/mol. The van der Waals surface area contributed by atoms with Gasteiger partial charge in [-0.2, -0.15) is 0 Å². The summed E-state index contributed by atoms with van der Waals surface area (Å²) >= 11 is 0. The van der Waals surface area contributed by atoms with Gasteiger partial charge in [-0.25, -0.2) is 0 Å². The minimum Gasteiger partial charge on any atom is -0.508 e. The maximum Gasteiger partial charge on any atom is 0.118 e. The molecule has 2 heterocycles. The van der Waals surface area contributed by atoms with Gasteiger partial charge < -0.3 is 9.52 Å². The molecule has 1 atom stereocenters. The van der Waals surface area contributed by atoms with Gasteiger partial charge in [-0.1, -0.05) is 6.07 Å². The summed E-state index contributed by atoms with van der Waals surface area (Å²) in [5.74, 6) is 1.50. The zero-order valence-corrected chi connectivity index (χ0v) is 12.6. The van der Waals surface area contributed by atoms with Gasteiger partial charge in [0.05, 0.1) is 6.26 Å². The van der Waals surface area contributed by atoms with Crippen LogP contribution in [0.15, 0.2) is 34.9 Å². The first-order valence-electron chi connectivity index (χ1n) is 7.68. The molecule has 21 heavy (non-hydrogen) atoms. The van der Waals surface area contributed by atoms with Gasteiger partial charge in [0.15, 0.2) is 0 Å². The molecular formula is C18H21NO2. The number of aromatic hydroxyl groups is 1. The largest absolute Gasteiger partial charge is 0.508 e. The lowest BCUT2D eigenvalue weighted by Gasteiger charge is -2.39. The summed E-state index contributed by atoms with van der Waals surface area (Å²) in [5.41, 5.74) is 3.72. The van der Waals surface area contributed by atoms with Crippen LogP contribution in [-0.2, 0) is 11.8 Å². The molecule has 2 aromatic rings. The monoisotopic (exact) mass is 283 g/mol. The third kappa shape index (κ3) is 1.84. The van der Waals surface area contributed by atoms with E-state index in [9.17, 15) is 5.11 Å². The molecule has 3 nitrogen and oxygen atoms in total. The Hall–Kier alpha value is -1.74. The summed E-state index contributed by atoms with van der Waals surface area (Å²) in [7, 11) is 2.19. The van der Waals surface area contributed by atoms with Crippen molar-refractivity contribution in [2.75, 3.05) is 13.6 Å². The van der Waals surface area contributed by atoms with E-state index in [-0.39, 0.29) is 5.41 Å². The van der Waals surface area contributed by atoms with Crippen LogP contribution in [0.25, 0.3) is 0 Å². The topological polar surface area (TPSA) is 36.6 Å². The third-order valence-electron chi connectivity index (χ3n) is 5.25. The van der Waals surface area contributed by atoms with E-state index in [4.69, 9.17) is 4.42 Å². The van der Waals surface area contributed by atoms with Crippen molar-refractivity contribution in [3.63, 3.8) is 0 Å². The molecule has 1 fully saturated rings. The fourth-order valence-electron chi connectivity index (χ4n) is 3.98. The summed E-state index contributed by atoms with van der Waals surface area (Å²) in [6, 6.07) is 8.52. The molecule has 0 bridgehead atoms. The fourth-order valence-corrected chi connectivity index (χ4v) is 3.98. The summed E-state index contributed by atoms with van der Waals surface area (Å²) in [4.78, 5) is 2.42. The van der Waals surface area contributed by atoms with E-state index in [0.29, 0.717) is 11.8 Å². The number of phenols is 1. The van der Waals surface area contributed by atoms with Crippen molar-refractivity contribution in [1.82, 2.24) is 4.90 Å². The van der Waals surface area contributed by atoms with Crippen LogP contribution in [0.3, 0.4) is 0 Å². The number of aryl methyl sites for hydroxylation is 1. The van der Waals surface area contributed by atoms with Crippen LogP contribution in [0, 0.1) is 6.92 Å². The Morgan fingerprint density at radius 2 is 2.14 bits per heavy atom. The van der Waals surface area contributed by atoms with Crippen LogP contribution in [-0.4, -0.2) is 23.6 Å². The quantitative estimate of drug-likeness (QED) is 0.915. The summed E-state index contributed by atoms with van der Waals surface area (Å²) < 4.78 is 5.74. The van der Waals surface area contributed by atoms with Crippen molar-refractivity contribution < 1.29 is 9.52 Å².